The number of carbonyl (C=O) groups excluding carboxylic acids is 2. The van der Waals surface area contributed by atoms with Crippen molar-refractivity contribution in [3.8, 4) is 11.5 Å². The van der Waals surface area contributed by atoms with Gasteiger partial charge in [-0.3, -0.25) is 9.59 Å². The molecule has 1 atom stereocenters. The Hall–Kier alpha value is -3.55. The average Bonchev–Trinajstić information content (AvgIpc) is 2.97. The highest BCUT2D eigenvalue weighted by atomic mass is 35.5. The van der Waals surface area contributed by atoms with E-state index in [0.717, 1.165) is 22.4 Å². The number of morpholine rings is 1. The van der Waals surface area contributed by atoms with Gasteiger partial charge in [-0.2, -0.15) is 0 Å². The topological polar surface area (TPSA) is 68.3 Å². The first-order valence-corrected chi connectivity index (χ1v) is 13.9. The Bertz CT molecular complexity index is 1300. The fourth-order valence-electron chi connectivity index (χ4n) is 4.89. The van der Waals surface area contributed by atoms with Gasteiger partial charge in [0.1, 0.15) is 23.7 Å². The van der Waals surface area contributed by atoms with Crippen LogP contribution < -0.4 is 9.47 Å². The van der Waals surface area contributed by atoms with Crippen LogP contribution in [0.1, 0.15) is 29.5 Å². The van der Waals surface area contributed by atoms with Gasteiger partial charge in [-0.25, -0.2) is 0 Å². The quantitative estimate of drug-likeness (QED) is 0.315. The first-order chi connectivity index (χ1) is 19.3. The minimum atomic E-state index is -0.992. The van der Waals surface area contributed by atoms with Gasteiger partial charge in [0.15, 0.2) is 0 Å². The van der Waals surface area contributed by atoms with Crippen molar-refractivity contribution in [1.82, 2.24) is 9.80 Å². The third-order valence-corrected chi connectivity index (χ3v) is 7.62. The van der Waals surface area contributed by atoms with Crippen LogP contribution in [0.4, 0.5) is 0 Å². The molecule has 0 saturated carbocycles. The standard InChI is InChI=1S/C32H37ClN2O5/c1-24-19-27(14-15-28(24)33)39-23-32(20-31(37)34(2)21-25-9-5-4-6-10-25)22-35(17-18-40-32)30(36)16-13-26-11-7-8-12-29(26)38-3/h4-12,14-15,19H,13,16-18,20-23H2,1-3H3/t32-/m1/s1. The van der Waals surface area contributed by atoms with Crippen molar-refractivity contribution in [3.05, 3.63) is 94.5 Å². The Kier molecular flexibility index (Phi) is 10.1. The minimum Gasteiger partial charge on any atom is -0.496 e. The van der Waals surface area contributed by atoms with Gasteiger partial charge < -0.3 is 24.0 Å². The van der Waals surface area contributed by atoms with Gasteiger partial charge in [0, 0.05) is 31.6 Å². The second-order valence-corrected chi connectivity index (χ2v) is 10.7. The Labute approximate surface area is 241 Å². The lowest BCUT2D eigenvalue weighted by atomic mass is 9.96. The molecule has 0 bridgehead atoms. The van der Waals surface area contributed by atoms with E-state index in [1.54, 1.807) is 36.1 Å². The second-order valence-electron chi connectivity index (χ2n) is 10.3. The Morgan fingerprint density at radius 1 is 1.07 bits per heavy atom. The molecule has 7 nitrogen and oxygen atoms in total. The molecule has 4 rings (SSSR count). The van der Waals surface area contributed by atoms with Crippen LogP contribution in [0.2, 0.25) is 5.02 Å². The number of rotatable bonds is 11. The molecule has 3 aromatic rings. The van der Waals surface area contributed by atoms with Gasteiger partial charge >= 0.3 is 0 Å². The number of amides is 2. The Balaban J connectivity index is 1.48. The third-order valence-electron chi connectivity index (χ3n) is 7.19. The number of nitrogens with zero attached hydrogens (tertiary/aromatic N) is 2. The maximum Gasteiger partial charge on any atom is 0.225 e. The predicted octanol–water partition coefficient (Wildman–Crippen LogP) is 5.31. The van der Waals surface area contributed by atoms with E-state index in [1.165, 1.54) is 0 Å². The highest BCUT2D eigenvalue weighted by Crippen LogP contribution is 2.28. The van der Waals surface area contributed by atoms with Gasteiger partial charge in [0.05, 0.1) is 26.7 Å². The van der Waals surface area contributed by atoms with E-state index in [4.69, 9.17) is 25.8 Å². The first kappa shape index (κ1) is 29.4. The number of hydrogen-bond acceptors (Lipinski definition) is 5. The summed E-state index contributed by atoms with van der Waals surface area (Å²) in [5.41, 5.74) is 1.92. The zero-order valence-electron chi connectivity index (χ0n) is 23.4. The summed E-state index contributed by atoms with van der Waals surface area (Å²) in [5.74, 6) is 1.33. The van der Waals surface area contributed by atoms with Crippen LogP contribution in [0.15, 0.2) is 72.8 Å². The summed E-state index contributed by atoms with van der Waals surface area (Å²) in [6.07, 6.45) is 0.973. The molecular weight excluding hydrogens is 528 g/mol. The zero-order chi connectivity index (χ0) is 28.5. The largest absolute Gasteiger partial charge is 0.496 e. The molecule has 1 saturated heterocycles. The summed E-state index contributed by atoms with van der Waals surface area (Å²) >= 11 is 6.19. The van der Waals surface area contributed by atoms with Crippen molar-refractivity contribution in [2.24, 2.45) is 0 Å². The van der Waals surface area contributed by atoms with Gasteiger partial charge in [-0.15, -0.1) is 0 Å². The molecular formula is C32H37ClN2O5. The van der Waals surface area contributed by atoms with Gasteiger partial charge in [0.2, 0.25) is 11.8 Å². The van der Waals surface area contributed by atoms with E-state index in [1.807, 2.05) is 67.6 Å². The fourth-order valence-corrected chi connectivity index (χ4v) is 5.01. The van der Waals surface area contributed by atoms with Crippen LogP contribution in [-0.4, -0.2) is 67.7 Å². The molecule has 1 fully saturated rings. The predicted molar refractivity (Wildman–Crippen MR) is 156 cm³/mol. The average molecular weight is 565 g/mol. The molecule has 212 valence electrons. The van der Waals surface area contributed by atoms with Crippen LogP contribution in [0, 0.1) is 6.92 Å². The van der Waals surface area contributed by atoms with E-state index in [-0.39, 0.29) is 31.4 Å². The van der Waals surface area contributed by atoms with Crippen LogP contribution in [0.25, 0.3) is 0 Å². The van der Waals surface area contributed by atoms with Gasteiger partial charge in [0.25, 0.3) is 0 Å². The molecule has 3 aromatic carbocycles. The molecule has 0 unspecified atom stereocenters. The molecule has 1 heterocycles. The monoisotopic (exact) mass is 564 g/mol. The minimum absolute atomic E-state index is 0.00556. The summed E-state index contributed by atoms with van der Waals surface area (Å²) in [7, 11) is 3.41. The lowest BCUT2D eigenvalue weighted by molar-refractivity contribution is -0.165. The summed E-state index contributed by atoms with van der Waals surface area (Å²) in [6.45, 7) is 3.55. The van der Waals surface area contributed by atoms with E-state index in [2.05, 4.69) is 0 Å². The number of methoxy groups -OCH3 is 1. The van der Waals surface area contributed by atoms with Crippen LogP contribution in [-0.2, 0) is 27.3 Å². The van der Waals surface area contributed by atoms with Gasteiger partial charge in [-0.05, 0) is 54.3 Å². The normalized spacial score (nSPS) is 16.9. The number of ether oxygens (including phenoxy) is 3. The van der Waals surface area contributed by atoms with Crippen molar-refractivity contribution in [2.45, 2.75) is 38.3 Å². The van der Waals surface area contributed by atoms with Crippen molar-refractivity contribution >= 4 is 23.4 Å². The molecule has 0 radical (unpaired) electrons. The number of aryl methyl sites for hydroxylation is 2. The van der Waals surface area contributed by atoms with Gasteiger partial charge in [-0.1, -0.05) is 60.1 Å². The van der Waals surface area contributed by atoms with Crippen molar-refractivity contribution < 1.29 is 23.8 Å². The third kappa shape index (κ3) is 7.77. The molecule has 1 aliphatic rings. The number of carbonyl (C=O) groups is 2. The summed E-state index contributed by atoms with van der Waals surface area (Å²) < 4.78 is 17.9. The van der Waals surface area contributed by atoms with Crippen LogP contribution >= 0.6 is 11.6 Å². The van der Waals surface area contributed by atoms with Crippen molar-refractivity contribution in [2.75, 3.05) is 40.5 Å². The number of hydrogen-bond donors (Lipinski definition) is 0. The molecule has 0 aromatic heterocycles. The van der Waals surface area contributed by atoms with Crippen molar-refractivity contribution in [1.29, 1.82) is 0 Å². The van der Waals surface area contributed by atoms with E-state index < -0.39 is 5.60 Å². The van der Waals surface area contributed by atoms with E-state index in [9.17, 15) is 9.59 Å². The lowest BCUT2D eigenvalue weighted by Crippen LogP contribution is -2.58. The molecule has 40 heavy (non-hydrogen) atoms. The maximum absolute atomic E-state index is 13.4. The molecule has 0 aliphatic carbocycles. The molecule has 0 spiro atoms. The zero-order valence-corrected chi connectivity index (χ0v) is 24.2. The molecule has 2 amide bonds. The number of halogens is 1. The SMILES string of the molecule is COc1ccccc1CCC(=O)N1CCO[C@](COc2ccc(Cl)c(C)c2)(CC(=O)N(C)Cc2ccccc2)C1. The number of para-hydroxylation sites is 1. The maximum atomic E-state index is 13.4. The summed E-state index contributed by atoms with van der Waals surface area (Å²) in [4.78, 5) is 30.3. The first-order valence-electron chi connectivity index (χ1n) is 13.5. The summed E-state index contributed by atoms with van der Waals surface area (Å²) in [6, 6.07) is 23.0. The smallest absolute Gasteiger partial charge is 0.225 e. The van der Waals surface area contributed by atoms with Crippen LogP contribution in [0.3, 0.4) is 0 Å². The Morgan fingerprint density at radius 3 is 2.58 bits per heavy atom. The molecule has 0 N–H and O–H groups in total. The fraction of sp³-hybridized carbons (Fsp3) is 0.375. The Morgan fingerprint density at radius 2 is 1.82 bits per heavy atom. The summed E-state index contributed by atoms with van der Waals surface area (Å²) in [5, 5.41) is 0.653. The highest BCUT2D eigenvalue weighted by molar-refractivity contribution is 6.31. The van der Waals surface area contributed by atoms with Crippen molar-refractivity contribution in [3.63, 3.8) is 0 Å². The second kappa shape index (κ2) is 13.7. The highest BCUT2D eigenvalue weighted by Gasteiger charge is 2.42. The molecule has 8 heteroatoms. The van der Waals surface area contributed by atoms with Crippen LogP contribution in [0.5, 0.6) is 11.5 Å². The van der Waals surface area contributed by atoms with E-state index >= 15 is 0 Å². The van der Waals surface area contributed by atoms with E-state index in [0.29, 0.717) is 43.3 Å². The number of benzene rings is 3. The lowest BCUT2D eigenvalue weighted by Gasteiger charge is -2.42. The molecule has 1 aliphatic heterocycles.